The molecule has 0 unspecified atom stereocenters. The molecule has 2 saturated heterocycles. The van der Waals surface area contributed by atoms with Crippen LogP contribution in [0.5, 0.6) is 0 Å². The summed E-state index contributed by atoms with van der Waals surface area (Å²) in [5.74, 6) is 1.77. The largest absolute Gasteiger partial charge is 0.356 e. The van der Waals surface area contributed by atoms with Gasteiger partial charge in [-0.05, 0) is 81.9 Å². The molecule has 2 fully saturated rings. The third-order valence-electron chi connectivity index (χ3n) is 6.56. The van der Waals surface area contributed by atoms with Crippen molar-refractivity contribution >= 4 is 29.9 Å². The fourth-order valence-electron chi connectivity index (χ4n) is 4.53. The second-order valence-electron chi connectivity index (χ2n) is 8.67. The van der Waals surface area contributed by atoms with E-state index in [4.69, 9.17) is 0 Å². The van der Waals surface area contributed by atoms with E-state index >= 15 is 0 Å². The topological polar surface area (TPSA) is 42.9 Å². The number of aliphatic imine (C=N–C) groups is 1. The van der Waals surface area contributed by atoms with Gasteiger partial charge in [-0.2, -0.15) is 0 Å². The number of benzene rings is 1. The molecule has 0 atom stereocenters. The number of nitrogens with one attached hydrogen (secondary N) is 2. The fourth-order valence-corrected chi connectivity index (χ4v) is 4.53. The second kappa shape index (κ2) is 14.2. The lowest BCUT2D eigenvalue weighted by Gasteiger charge is -2.31. The van der Waals surface area contributed by atoms with Crippen molar-refractivity contribution in [3.8, 4) is 0 Å². The predicted octanol–water partition coefficient (Wildman–Crippen LogP) is 4.08. The van der Waals surface area contributed by atoms with Gasteiger partial charge in [0.05, 0.1) is 0 Å². The molecule has 2 N–H and O–H groups in total. The highest BCUT2D eigenvalue weighted by Crippen LogP contribution is 2.19. The summed E-state index contributed by atoms with van der Waals surface area (Å²) in [4.78, 5) is 9.52. The minimum atomic E-state index is 0. The lowest BCUT2D eigenvalue weighted by atomic mass is 9.93. The van der Waals surface area contributed by atoms with Gasteiger partial charge >= 0.3 is 0 Å². The van der Waals surface area contributed by atoms with Crippen LogP contribution in [-0.2, 0) is 13.1 Å². The Morgan fingerprint density at radius 1 is 0.933 bits per heavy atom. The van der Waals surface area contributed by atoms with Gasteiger partial charge in [0.25, 0.3) is 0 Å². The van der Waals surface area contributed by atoms with Crippen LogP contribution in [0.1, 0.15) is 56.6 Å². The van der Waals surface area contributed by atoms with Crippen LogP contribution in [0, 0.1) is 5.92 Å². The SMILES string of the molecule is CCN1CCC(CCNC(=NC)NCc2ccc(CN3CCCCC3)cc2)CC1.I. The maximum Gasteiger partial charge on any atom is 0.191 e. The van der Waals surface area contributed by atoms with E-state index in [1.165, 1.54) is 82.4 Å². The van der Waals surface area contributed by atoms with E-state index in [0.29, 0.717) is 0 Å². The molecule has 1 aromatic rings. The van der Waals surface area contributed by atoms with Crippen molar-refractivity contribution in [2.45, 2.75) is 58.5 Å². The second-order valence-corrected chi connectivity index (χ2v) is 8.67. The van der Waals surface area contributed by atoms with Crippen molar-refractivity contribution in [1.82, 2.24) is 20.4 Å². The number of piperidine rings is 2. The van der Waals surface area contributed by atoms with Gasteiger partial charge in [0, 0.05) is 26.7 Å². The molecule has 1 aromatic carbocycles. The Kier molecular flexibility index (Phi) is 12.1. The van der Waals surface area contributed by atoms with Crippen LogP contribution in [0.15, 0.2) is 29.3 Å². The minimum absolute atomic E-state index is 0. The standard InChI is InChI=1S/C24H41N5.HI/c1-3-28-17-12-21(13-18-28)11-14-26-24(25-2)27-19-22-7-9-23(10-8-22)20-29-15-5-4-6-16-29;/h7-10,21H,3-6,11-20H2,1-2H3,(H2,25,26,27);1H. The van der Waals surface area contributed by atoms with Crippen molar-refractivity contribution in [3.05, 3.63) is 35.4 Å². The number of likely N-dealkylation sites (tertiary alicyclic amines) is 2. The van der Waals surface area contributed by atoms with E-state index in [1.54, 1.807) is 0 Å². The predicted molar refractivity (Wildman–Crippen MR) is 139 cm³/mol. The van der Waals surface area contributed by atoms with E-state index in [1.807, 2.05) is 7.05 Å². The van der Waals surface area contributed by atoms with E-state index in [9.17, 15) is 0 Å². The first-order valence-corrected chi connectivity index (χ1v) is 11.7. The van der Waals surface area contributed by atoms with Crippen LogP contribution in [0.3, 0.4) is 0 Å². The molecule has 0 aromatic heterocycles. The molecule has 2 aliphatic heterocycles. The molecule has 0 bridgehead atoms. The van der Waals surface area contributed by atoms with Gasteiger partial charge in [0.15, 0.2) is 5.96 Å². The molecule has 5 nitrogen and oxygen atoms in total. The number of rotatable bonds is 8. The Morgan fingerprint density at radius 3 is 2.23 bits per heavy atom. The summed E-state index contributed by atoms with van der Waals surface area (Å²) >= 11 is 0. The zero-order valence-electron chi connectivity index (χ0n) is 19.0. The molecular formula is C24H42IN5. The van der Waals surface area contributed by atoms with Gasteiger partial charge < -0.3 is 15.5 Å². The highest BCUT2D eigenvalue weighted by molar-refractivity contribution is 14.0. The molecule has 170 valence electrons. The highest BCUT2D eigenvalue weighted by atomic mass is 127. The Bertz CT molecular complexity index is 605. The average molecular weight is 528 g/mol. The Morgan fingerprint density at radius 2 is 1.60 bits per heavy atom. The summed E-state index contributed by atoms with van der Waals surface area (Å²) in [6.07, 6.45) is 8.02. The Hall–Kier alpha value is -0.860. The molecular weight excluding hydrogens is 485 g/mol. The summed E-state index contributed by atoms with van der Waals surface area (Å²) in [5, 5.41) is 6.96. The third-order valence-corrected chi connectivity index (χ3v) is 6.56. The number of halogens is 1. The van der Waals surface area contributed by atoms with Crippen molar-refractivity contribution in [2.75, 3.05) is 46.3 Å². The van der Waals surface area contributed by atoms with Crippen LogP contribution < -0.4 is 10.6 Å². The number of hydrogen-bond acceptors (Lipinski definition) is 3. The monoisotopic (exact) mass is 527 g/mol. The fraction of sp³-hybridized carbons (Fsp3) is 0.708. The maximum absolute atomic E-state index is 4.39. The van der Waals surface area contributed by atoms with Crippen molar-refractivity contribution in [3.63, 3.8) is 0 Å². The molecule has 30 heavy (non-hydrogen) atoms. The summed E-state index contributed by atoms with van der Waals surface area (Å²) in [6, 6.07) is 9.07. The maximum atomic E-state index is 4.39. The number of hydrogen-bond donors (Lipinski definition) is 2. The van der Waals surface area contributed by atoms with E-state index in [2.05, 4.69) is 56.6 Å². The first-order valence-electron chi connectivity index (χ1n) is 11.7. The number of guanidine groups is 1. The average Bonchev–Trinajstić information content (AvgIpc) is 2.78. The van der Waals surface area contributed by atoms with Crippen molar-refractivity contribution < 1.29 is 0 Å². The smallest absolute Gasteiger partial charge is 0.191 e. The highest BCUT2D eigenvalue weighted by Gasteiger charge is 2.17. The molecule has 0 aliphatic carbocycles. The summed E-state index contributed by atoms with van der Waals surface area (Å²) in [5.41, 5.74) is 2.73. The summed E-state index contributed by atoms with van der Waals surface area (Å²) in [6.45, 7) is 11.4. The van der Waals surface area contributed by atoms with Crippen molar-refractivity contribution in [2.24, 2.45) is 10.9 Å². The first-order chi connectivity index (χ1) is 14.3. The van der Waals surface area contributed by atoms with Crippen LogP contribution in [0.25, 0.3) is 0 Å². The van der Waals surface area contributed by atoms with E-state index in [-0.39, 0.29) is 24.0 Å². The first kappa shape index (κ1) is 25.4. The van der Waals surface area contributed by atoms with Gasteiger partial charge in [-0.15, -0.1) is 24.0 Å². The van der Waals surface area contributed by atoms with E-state index < -0.39 is 0 Å². The molecule has 2 heterocycles. The number of nitrogens with zero attached hydrogens (tertiary/aromatic N) is 3. The normalized spacial score (nSPS) is 19.3. The van der Waals surface area contributed by atoms with Crippen LogP contribution in [0.2, 0.25) is 0 Å². The van der Waals surface area contributed by atoms with Crippen molar-refractivity contribution in [1.29, 1.82) is 0 Å². The van der Waals surface area contributed by atoms with Gasteiger partial charge in [0.2, 0.25) is 0 Å². The van der Waals surface area contributed by atoms with Crippen LogP contribution in [0.4, 0.5) is 0 Å². The van der Waals surface area contributed by atoms with Gasteiger partial charge in [-0.1, -0.05) is 37.6 Å². The lowest BCUT2D eigenvalue weighted by Crippen LogP contribution is -2.39. The Labute approximate surface area is 201 Å². The summed E-state index contributed by atoms with van der Waals surface area (Å²) < 4.78 is 0. The zero-order chi connectivity index (χ0) is 20.3. The van der Waals surface area contributed by atoms with Gasteiger partial charge in [-0.25, -0.2) is 0 Å². The van der Waals surface area contributed by atoms with Gasteiger partial charge in [0.1, 0.15) is 0 Å². The zero-order valence-corrected chi connectivity index (χ0v) is 21.4. The van der Waals surface area contributed by atoms with Crippen LogP contribution in [-0.4, -0.2) is 62.1 Å². The molecule has 0 saturated carbocycles. The quantitative estimate of drug-likeness (QED) is 0.304. The molecule has 6 heteroatoms. The molecule has 0 spiro atoms. The summed E-state index contributed by atoms with van der Waals surface area (Å²) in [7, 11) is 1.86. The van der Waals surface area contributed by atoms with E-state index in [0.717, 1.165) is 31.5 Å². The molecule has 0 radical (unpaired) electrons. The Balaban J connectivity index is 0.00000320. The van der Waals surface area contributed by atoms with Crippen LogP contribution >= 0.6 is 24.0 Å². The molecule has 3 rings (SSSR count). The van der Waals surface area contributed by atoms with Gasteiger partial charge in [-0.3, -0.25) is 9.89 Å². The molecule has 2 aliphatic rings. The minimum Gasteiger partial charge on any atom is -0.356 e. The lowest BCUT2D eigenvalue weighted by molar-refractivity contribution is 0.187. The third kappa shape index (κ3) is 8.71. The molecule has 0 amide bonds.